The molecule has 5 nitrogen and oxygen atoms in total. The molecule has 0 spiro atoms. The molecule has 0 aliphatic rings. The predicted molar refractivity (Wildman–Crippen MR) is 92.0 cm³/mol. The summed E-state index contributed by atoms with van der Waals surface area (Å²) in [5.74, 6) is 0.754. The highest BCUT2D eigenvalue weighted by molar-refractivity contribution is 5.81. The summed E-state index contributed by atoms with van der Waals surface area (Å²) < 4.78 is 0. The fraction of sp³-hybridized carbons (Fsp3) is 0.529. The normalized spacial score (nSPS) is 11.5. The van der Waals surface area contributed by atoms with Crippen LogP contribution in [0, 0.1) is 13.8 Å². The number of guanidine groups is 1. The Hall–Kier alpha value is -2.04. The van der Waals surface area contributed by atoms with Crippen LogP contribution < -0.4 is 16.0 Å². The summed E-state index contributed by atoms with van der Waals surface area (Å²) in [6.07, 6.45) is 0.433. The van der Waals surface area contributed by atoms with Crippen LogP contribution in [0.5, 0.6) is 0 Å². The molecule has 0 unspecified atom stereocenters. The molecular weight excluding hydrogens is 276 g/mol. The Morgan fingerprint density at radius 3 is 2.55 bits per heavy atom. The quantitative estimate of drug-likeness (QED) is 0.555. The van der Waals surface area contributed by atoms with Gasteiger partial charge in [-0.25, -0.2) is 0 Å². The Bertz CT molecular complexity index is 523. The Kier molecular flexibility index (Phi) is 7.43. The highest BCUT2D eigenvalue weighted by Gasteiger charge is 2.04. The minimum atomic E-state index is 0.0485. The van der Waals surface area contributed by atoms with E-state index in [0.717, 1.165) is 0 Å². The Labute approximate surface area is 133 Å². The minimum Gasteiger partial charge on any atom is -0.356 e. The van der Waals surface area contributed by atoms with Crippen molar-refractivity contribution in [1.29, 1.82) is 0 Å². The lowest BCUT2D eigenvalue weighted by Crippen LogP contribution is -2.39. The lowest BCUT2D eigenvalue weighted by Gasteiger charge is -2.14. The van der Waals surface area contributed by atoms with E-state index in [1.165, 1.54) is 16.7 Å². The van der Waals surface area contributed by atoms with Crippen LogP contribution >= 0.6 is 0 Å². The van der Waals surface area contributed by atoms with Crippen LogP contribution in [-0.2, 0) is 11.3 Å². The molecule has 1 amide bonds. The van der Waals surface area contributed by atoms with Crippen molar-refractivity contribution in [3.05, 3.63) is 34.9 Å². The average Bonchev–Trinajstić information content (AvgIpc) is 2.43. The molecule has 1 rings (SSSR count). The van der Waals surface area contributed by atoms with Crippen LogP contribution in [0.3, 0.4) is 0 Å². The standard InChI is InChI=1S/C17H28N4O/c1-12(2)21-16(22)8-9-19-17(18-5)20-11-15-7-6-13(3)10-14(15)4/h6-7,10,12H,8-9,11H2,1-5H3,(H,21,22)(H2,18,19,20). The van der Waals surface area contributed by atoms with Crippen molar-refractivity contribution in [2.75, 3.05) is 13.6 Å². The van der Waals surface area contributed by atoms with Gasteiger partial charge in [-0.15, -0.1) is 0 Å². The van der Waals surface area contributed by atoms with E-state index in [1.54, 1.807) is 7.05 Å². The van der Waals surface area contributed by atoms with Gasteiger partial charge in [-0.05, 0) is 38.8 Å². The molecule has 0 fully saturated rings. The van der Waals surface area contributed by atoms with Crippen LogP contribution in [0.4, 0.5) is 0 Å². The number of hydrogen-bond donors (Lipinski definition) is 3. The fourth-order valence-electron chi connectivity index (χ4n) is 2.13. The Morgan fingerprint density at radius 2 is 1.95 bits per heavy atom. The molecule has 0 bridgehead atoms. The summed E-state index contributed by atoms with van der Waals surface area (Å²) in [6.45, 7) is 9.38. The van der Waals surface area contributed by atoms with Gasteiger partial charge in [0.15, 0.2) is 5.96 Å². The number of amides is 1. The second-order valence-corrected chi connectivity index (χ2v) is 5.75. The van der Waals surface area contributed by atoms with Gasteiger partial charge in [0.2, 0.25) is 5.91 Å². The zero-order valence-corrected chi connectivity index (χ0v) is 14.3. The maximum atomic E-state index is 11.6. The molecule has 1 aromatic carbocycles. The zero-order chi connectivity index (χ0) is 16.5. The van der Waals surface area contributed by atoms with E-state index < -0.39 is 0 Å². The number of rotatable bonds is 6. The molecule has 22 heavy (non-hydrogen) atoms. The van der Waals surface area contributed by atoms with Gasteiger partial charge in [0, 0.05) is 32.6 Å². The van der Waals surface area contributed by atoms with E-state index >= 15 is 0 Å². The summed E-state index contributed by atoms with van der Waals surface area (Å²) in [7, 11) is 1.73. The van der Waals surface area contributed by atoms with Crippen molar-refractivity contribution >= 4 is 11.9 Å². The third-order valence-corrected chi connectivity index (χ3v) is 3.26. The number of carbonyl (C=O) groups excluding carboxylic acids is 1. The molecule has 0 heterocycles. The molecule has 0 aliphatic carbocycles. The molecule has 3 N–H and O–H groups in total. The molecule has 1 aromatic rings. The van der Waals surface area contributed by atoms with Gasteiger partial charge in [0.1, 0.15) is 0 Å². The second-order valence-electron chi connectivity index (χ2n) is 5.75. The van der Waals surface area contributed by atoms with E-state index in [-0.39, 0.29) is 11.9 Å². The van der Waals surface area contributed by atoms with Crippen molar-refractivity contribution in [2.45, 2.75) is 46.7 Å². The third-order valence-electron chi connectivity index (χ3n) is 3.26. The topological polar surface area (TPSA) is 65.5 Å². The first-order valence-corrected chi connectivity index (χ1v) is 7.72. The highest BCUT2D eigenvalue weighted by Crippen LogP contribution is 2.09. The van der Waals surface area contributed by atoms with Gasteiger partial charge >= 0.3 is 0 Å². The summed E-state index contributed by atoms with van der Waals surface area (Å²) in [5, 5.41) is 9.29. The van der Waals surface area contributed by atoms with E-state index in [0.29, 0.717) is 25.5 Å². The van der Waals surface area contributed by atoms with E-state index in [1.807, 2.05) is 13.8 Å². The first kappa shape index (κ1) is 18.0. The molecule has 0 radical (unpaired) electrons. The predicted octanol–water partition coefficient (Wildman–Crippen LogP) is 1.88. The number of hydrogen-bond acceptors (Lipinski definition) is 2. The van der Waals surface area contributed by atoms with Gasteiger partial charge in [0.25, 0.3) is 0 Å². The summed E-state index contributed by atoms with van der Waals surface area (Å²) in [5.41, 5.74) is 3.77. The first-order chi connectivity index (χ1) is 10.4. The van der Waals surface area contributed by atoms with Gasteiger partial charge in [-0.1, -0.05) is 23.8 Å². The van der Waals surface area contributed by atoms with Crippen molar-refractivity contribution in [2.24, 2.45) is 4.99 Å². The molecule has 0 saturated heterocycles. The molecule has 122 valence electrons. The maximum Gasteiger partial charge on any atom is 0.221 e. The monoisotopic (exact) mass is 304 g/mol. The van der Waals surface area contributed by atoms with Crippen LogP contribution in [0.15, 0.2) is 23.2 Å². The molecule has 0 aliphatic heterocycles. The first-order valence-electron chi connectivity index (χ1n) is 7.72. The number of nitrogens with zero attached hydrogens (tertiary/aromatic N) is 1. The lowest BCUT2D eigenvalue weighted by atomic mass is 10.1. The molecule has 5 heteroatoms. The Morgan fingerprint density at radius 1 is 1.23 bits per heavy atom. The van der Waals surface area contributed by atoms with Crippen molar-refractivity contribution < 1.29 is 4.79 Å². The molecule has 0 saturated carbocycles. The van der Waals surface area contributed by atoms with E-state index in [2.05, 4.69) is 53.0 Å². The smallest absolute Gasteiger partial charge is 0.221 e. The number of carbonyl (C=O) groups is 1. The third kappa shape index (κ3) is 6.61. The zero-order valence-electron chi connectivity index (χ0n) is 14.3. The van der Waals surface area contributed by atoms with E-state index in [9.17, 15) is 4.79 Å². The maximum absolute atomic E-state index is 11.6. The van der Waals surface area contributed by atoms with Crippen LogP contribution in [0.25, 0.3) is 0 Å². The summed E-state index contributed by atoms with van der Waals surface area (Å²) in [4.78, 5) is 15.7. The van der Waals surface area contributed by atoms with E-state index in [4.69, 9.17) is 0 Å². The number of benzene rings is 1. The molecule has 0 aromatic heterocycles. The fourth-order valence-corrected chi connectivity index (χ4v) is 2.13. The summed E-state index contributed by atoms with van der Waals surface area (Å²) >= 11 is 0. The highest BCUT2D eigenvalue weighted by atomic mass is 16.1. The van der Waals surface area contributed by atoms with Crippen molar-refractivity contribution in [3.8, 4) is 0 Å². The SMILES string of the molecule is CN=C(NCCC(=O)NC(C)C)NCc1ccc(C)cc1C. The van der Waals surface area contributed by atoms with Gasteiger partial charge in [0.05, 0.1) is 0 Å². The van der Waals surface area contributed by atoms with Gasteiger partial charge < -0.3 is 16.0 Å². The number of aryl methyl sites for hydroxylation is 2. The number of aliphatic imine (C=N–C) groups is 1. The lowest BCUT2D eigenvalue weighted by molar-refractivity contribution is -0.121. The van der Waals surface area contributed by atoms with Gasteiger partial charge in [-0.3, -0.25) is 9.79 Å². The van der Waals surface area contributed by atoms with Crippen molar-refractivity contribution in [3.63, 3.8) is 0 Å². The summed E-state index contributed by atoms with van der Waals surface area (Å²) in [6, 6.07) is 6.58. The van der Waals surface area contributed by atoms with Crippen LogP contribution in [-0.4, -0.2) is 31.5 Å². The number of nitrogens with one attached hydrogen (secondary N) is 3. The molecule has 0 atom stereocenters. The van der Waals surface area contributed by atoms with Crippen LogP contribution in [0.1, 0.15) is 37.0 Å². The average molecular weight is 304 g/mol. The molecular formula is C17H28N4O. The van der Waals surface area contributed by atoms with Gasteiger partial charge in [-0.2, -0.15) is 0 Å². The van der Waals surface area contributed by atoms with Crippen molar-refractivity contribution in [1.82, 2.24) is 16.0 Å². The Balaban J connectivity index is 2.38. The second kappa shape index (κ2) is 9.07. The van der Waals surface area contributed by atoms with Crippen LogP contribution in [0.2, 0.25) is 0 Å². The largest absolute Gasteiger partial charge is 0.356 e. The minimum absolute atomic E-state index is 0.0485.